The molecule has 0 aliphatic heterocycles. The van der Waals surface area contributed by atoms with Crippen LogP contribution in [0.5, 0.6) is 0 Å². The maximum absolute atomic E-state index is 4.45. The van der Waals surface area contributed by atoms with Gasteiger partial charge in [-0.3, -0.25) is 0 Å². The monoisotopic (exact) mass is 214 g/mol. The largest absolute Gasteiger partial charge is 0.330 e. The van der Waals surface area contributed by atoms with Gasteiger partial charge in [-0.25, -0.2) is 4.98 Å². The van der Waals surface area contributed by atoms with E-state index in [4.69, 9.17) is 0 Å². The lowest BCUT2D eigenvalue weighted by Crippen LogP contribution is -2.19. The molecule has 0 aliphatic carbocycles. The van der Waals surface area contributed by atoms with Crippen molar-refractivity contribution in [2.45, 2.75) is 32.7 Å². The Morgan fingerprint density at radius 1 is 1.12 bits per heavy atom. The van der Waals surface area contributed by atoms with Crippen molar-refractivity contribution in [3.05, 3.63) is 54.1 Å². The number of imidazole rings is 1. The highest BCUT2D eigenvalue weighted by molar-refractivity contribution is 5.17. The molecule has 0 saturated carbocycles. The van der Waals surface area contributed by atoms with Crippen molar-refractivity contribution in [3.63, 3.8) is 0 Å². The van der Waals surface area contributed by atoms with Gasteiger partial charge in [0.15, 0.2) is 0 Å². The highest BCUT2D eigenvalue weighted by Gasteiger charge is 2.19. The predicted octanol–water partition coefficient (Wildman–Crippen LogP) is 3.23. The minimum atomic E-state index is 0.0955. The van der Waals surface area contributed by atoms with Crippen molar-refractivity contribution in [3.8, 4) is 0 Å². The van der Waals surface area contributed by atoms with Gasteiger partial charge in [-0.05, 0) is 5.56 Å². The molecule has 84 valence electrons. The summed E-state index contributed by atoms with van der Waals surface area (Å²) < 4.78 is 2.22. The first-order valence-electron chi connectivity index (χ1n) is 5.63. The van der Waals surface area contributed by atoms with E-state index in [9.17, 15) is 0 Å². The molecule has 0 atom stereocenters. The van der Waals surface area contributed by atoms with E-state index in [2.05, 4.69) is 54.6 Å². The van der Waals surface area contributed by atoms with Gasteiger partial charge in [0.05, 0.1) is 0 Å². The second-order valence-electron chi connectivity index (χ2n) is 5.11. The van der Waals surface area contributed by atoms with E-state index in [0.717, 1.165) is 12.4 Å². The van der Waals surface area contributed by atoms with Gasteiger partial charge in [0.2, 0.25) is 0 Å². The Kier molecular flexibility index (Phi) is 2.82. The van der Waals surface area contributed by atoms with Crippen LogP contribution in [-0.2, 0) is 12.0 Å². The SMILES string of the molecule is CC(C)(C)c1nccn1Cc1ccccc1. The van der Waals surface area contributed by atoms with Crippen LogP contribution in [0.15, 0.2) is 42.7 Å². The molecule has 0 N–H and O–H groups in total. The molecule has 0 fully saturated rings. The Labute approximate surface area is 97.0 Å². The summed E-state index contributed by atoms with van der Waals surface area (Å²) in [5.74, 6) is 1.14. The third-order valence-electron chi connectivity index (χ3n) is 2.58. The Balaban J connectivity index is 2.26. The van der Waals surface area contributed by atoms with Crippen molar-refractivity contribution in [2.75, 3.05) is 0 Å². The first kappa shape index (κ1) is 10.9. The van der Waals surface area contributed by atoms with Gasteiger partial charge in [0.1, 0.15) is 5.82 Å². The number of hydrogen-bond donors (Lipinski definition) is 0. The first-order chi connectivity index (χ1) is 7.57. The molecule has 2 rings (SSSR count). The molecular weight excluding hydrogens is 196 g/mol. The summed E-state index contributed by atoms with van der Waals surface area (Å²) in [6.45, 7) is 7.47. The van der Waals surface area contributed by atoms with Gasteiger partial charge in [-0.2, -0.15) is 0 Å². The van der Waals surface area contributed by atoms with Crippen molar-refractivity contribution in [1.29, 1.82) is 0 Å². The van der Waals surface area contributed by atoms with E-state index < -0.39 is 0 Å². The summed E-state index contributed by atoms with van der Waals surface area (Å²) >= 11 is 0. The third kappa shape index (κ3) is 2.32. The van der Waals surface area contributed by atoms with Crippen LogP contribution in [0.4, 0.5) is 0 Å². The molecule has 1 aromatic heterocycles. The van der Waals surface area contributed by atoms with Crippen molar-refractivity contribution >= 4 is 0 Å². The van der Waals surface area contributed by atoms with Crippen LogP contribution in [0, 0.1) is 0 Å². The zero-order valence-electron chi connectivity index (χ0n) is 10.1. The van der Waals surface area contributed by atoms with E-state index in [1.165, 1.54) is 5.56 Å². The van der Waals surface area contributed by atoms with Gasteiger partial charge in [0, 0.05) is 24.4 Å². The number of benzene rings is 1. The van der Waals surface area contributed by atoms with Crippen LogP contribution in [0.2, 0.25) is 0 Å². The number of nitrogens with zero attached hydrogens (tertiary/aromatic N) is 2. The Morgan fingerprint density at radius 3 is 2.44 bits per heavy atom. The minimum Gasteiger partial charge on any atom is -0.330 e. The molecule has 0 radical (unpaired) electrons. The van der Waals surface area contributed by atoms with Crippen molar-refractivity contribution in [1.82, 2.24) is 9.55 Å². The van der Waals surface area contributed by atoms with Crippen molar-refractivity contribution in [2.24, 2.45) is 0 Å². The fraction of sp³-hybridized carbons (Fsp3) is 0.357. The number of hydrogen-bond acceptors (Lipinski definition) is 1. The molecule has 2 aromatic rings. The van der Waals surface area contributed by atoms with E-state index >= 15 is 0 Å². The van der Waals surface area contributed by atoms with Gasteiger partial charge in [-0.1, -0.05) is 51.1 Å². The lowest BCUT2D eigenvalue weighted by atomic mass is 9.95. The fourth-order valence-electron chi connectivity index (χ4n) is 1.86. The van der Waals surface area contributed by atoms with E-state index in [0.29, 0.717) is 0 Å². The van der Waals surface area contributed by atoms with E-state index in [-0.39, 0.29) is 5.41 Å². The van der Waals surface area contributed by atoms with Gasteiger partial charge in [0.25, 0.3) is 0 Å². The summed E-state index contributed by atoms with van der Waals surface area (Å²) in [5, 5.41) is 0. The topological polar surface area (TPSA) is 17.8 Å². The normalized spacial score (nSPS) is 11.7. The first-order valence-corrected chi connectivity index (χ1v) is 5.63. The maximum Gasteiger partial charge on any atom is 0.114 e. The molecule has 0 spiro atoms. The van der Waals surface area contributed by atoms with Crippen molar-refractivity contribution < 1.29 is 0 Å². The van der Waals surface area contributed by atoms with Crippen LogP contribution in [0.25, 0.3) is 0 Å². The molecule has 0 amide bonds. The molecule has 2 heteroatoms. The number of aromatic nitrogens is 2. The van der Waals surface area contributed by atoms with E-state index in [1.807, 2.05) is 18.5 Å². The summed E-state index contributed by atoms with van der Waals surface area (Å²) in [6, 6.07) is 10.5. The summed E-state index contributed by atoms with van der Waals surface area (Å²) in [5.41, 5.74) is 1.41. The van der Waals surface area contributed by atoms with Gasteiger partial charge in [-0.15, -0.1) is 0 Å². The zero-order chi connectivity index (χ0) is 11.6. The van der Waals surface area contributed by atoms with E-state index in [1.54, 1.807) is 0 Å². The maximum atomic E-state index is 4.45. The highest BCUT2D eigenvalue weighted by Crippen LogP contribution is 2.20. The summed E-state index contributed by atoms with van der Waals surface area (Å²) in [7, 11) is 0. The molecular formula is C14H18N2. The van der Waals surface area contributed by atoms with Crippen LogP contribution < -0.4 is 0 Å². The predicted molar refractivity (Wildman–Crippen MR) is 66.5 cm³/mol. The molecule has 1 heterocycles. The highest BCUT2D eigenvalue weighted by atomic mass is 15.1. The van der Waals surface area contributed by atoms with Crippen LogP contribution >= 0.6 is 0 Å². The molecule has 0 bridgehead atoms. The molecule has 0 aliphatic rings. The van der Waals surface area contributed by atoms with Crippen LogP contribution in [-0.4, -0.2) is 9.55 Å². The molecule has 1 aromatic carbocycles. The minimum absolute atomic E-state index is 0.0955. The Bertz CT molecular complexity index is 449. The Hall–Kier alpha value is -1.57. The quantitative estimate of drug-likeness (QED) is 0.750. The second-order valence-corrected chi connectivity index (χ2v) is 5.11. The third-order valence-corrected chi connectivity index (χ3v) is 2.58. The lowest BCUT2D eigenvalue weighted by Gasteiger charge is -2.19. The average Bonchev–Trinajstić information content (AvgIpc) is 2.67. The Morgan fingerprint density at radius 2 is 1.81 bits per heavy atom. The smallest absolute Gasteiger partial charge is 0.114 e. The molecule has 16 heavy (non-hydrogen) atoms. The lowest BCUT2D eigenvalue weighted by molar-refractivity contribution is 0.511. The molecule has 2 nitrogen and oxygen atoms in total. The zero-order valence-corrected chi connectivity index (χ0v) is 10.1. The number of rotatable bonds is 2. The summed E-state index contributed by atoms with van der Waals surface area (Å²) in [4.78, 5) is 4.45. The standard InChI is InChI=1S/C14H18N2/c1-14(2,3)13-15-9-10-16(13)11-12-7-5-4-6-8-12/h4-10H,11H2,1-3H3. The van der Waals surface area contributed by atoms with Crippen LogP contribution in [0.1, 0.15) is 32.2 Å². The average molecular weight is 214 g/mol. The van der Waals surface area contributed by atoms with Gasteiger partial charge >= 0.3 is 0 Å². The second kappa shape index (κ2) is 4.12. The summed E-state index contributed by atoms with van der Waals surface area (Å²) in [6.07, 6.45) is 3.93. The fourth-order valence-corrected chi connectivity index (χ4v) is 1.86. The molecule has 0 saturated heterocycles. The van der Waals surface area contributed by atoms with Crippen LogP contribution in [0.3, 0.4) is 0 Å². The van der Waals surface area contributed by atoms with Gasteiger partial charge < -0.3 is 4.57 Å². The molecule has 0 unspecified atom stereocenters.